The molecule has 174 valence electrons. The fourth-order valence-corrected chi connectivity index (χ4v) is 5.00. The highest BCUT2D eigenvalue weighted by atomic mass is 19.1. The van der Waals surface area contributed by atoms with Crippen LogP contribution in [0.4, 0.5) is 19.4 Å². The number of hydrogen-bond donors (Lipinski definition) is 2. The Labute approximate surface area is 189 Å². The molecule has 3 aromatic heterocycles. The van der Waals surface area contributed by atoms with Crippen LogP contribution in [0.1, 0.15) is 31.6 Å². The molecular formula is C23H26F2N6O2. The third-order valence-corrected chi connectivity index (χ3v) is 6.52. The maximum atomic E-state index is 13.1. The number of nitrogens with zero attached hydrogens (tertiary/aromatic N) is 4. The number of carbonyl (C=O) groups excluding carboxylic acids is 1. The van der Waals surface area contributed by atoms with E-state index in [9.17, 15) is 13.6 Å². The molecular weight excluding hydrogens is 430 g/mol. The van der Waals surface area contributed by atoms with Crippen molar-refractivity contribution in [2.24, 2.45) is 0 Å². The topological polar surface area (TPSA) is 96.2 Å². The maximum Gasteiger partial charge on any atom is 0.323 e. The van der Waals surface area contributed by atoms with Crippen molar-refractivity contribution < 1.29 is 18.0 Å². The standard InChI is InChI=1S/C23H26F2N6O2/c1-13-26-12-21(33-13)20-4-14-5-22(28-11-15(14)10-27-20)30-23(32)31-18-2-3-19(31)7-16(6-18)29-17(8-24)9-25/h4-5,10-12,16-19,29H,2-3,6-9H2,1H3,(H,28,30,32)/t16?,18-,19?/m0/s1. The zero-order valence-corrected chi connectivity index (χ0v) is 18.3. The Morgan fingerprint density at radius 1 is 1.09 bits per heavy atom. The van der Waals surface area contributed by atoms with Gasteiger partial charge >= 0.3 is 6.03 Å². The molecule has 0 spiro atoms. The average molecular weight is 456 g/mol. The molecule has 5 rings (SSSR count). The number of nitrogens with one attached hydrogen (secondary N) is 2. The Kier molecular flexibility index (Phi) is 5.92. The SMILES string of the molecule is Cc1ncc(-c2cc3cc(NC(=O)N4C5CC[C@H]4CC(NC(CF)CF)C5)ncc3cn2)o1. The normalized spacial score (nSPS) is 22.3. The van der Waals surface area contributed by atoms with Gasteiger partial charge in [0.2, 0.25) is 0 Å². The Hall–Kier alpha value is -3.14. The Balaban J connectivity index is 1.29. The van der Waals surface area contributed by atoms with Gasteiger partial charge in [-0.05, 0) is 43.2 Å². The molecule has 2 amide bonds. The van der Waals surface area contributed by atoms with E-state index in [4.69, 9.17) is 4.42 Å². The van der Waals surface area contributed by atoms with E-state index in [2.05, 4.69) is 25.6 Å². The summed E-state index contributed by atoms with van der Waals surface area (Å²) in [6.07, 6.45) is 8.18. The number of alkyl halides is 2. The van der Waals surface area contributed by atoms with Gasteiger partial charge in [0.25, 0.3) is 0 Å². The summed E-state index contributed by atoms with van der Waals surface area (Å²) in [4.78, 5) is 27.8. The number of pyridine rings is 2. The minimum atomic E-state index is -0.767. The Morgan fingerprint density at radius 3 is 2.48 bits per heavy atom. The molecule has 0 saturated carbocycles. The first kappa shape index (κ1) is 21.7. The first-order chi connectivity index (χ1) is 16.0. The van der Waals surface area contributed by atoms with Crippen LogP contribution in [-0.2, 0) is 0 Å². The van der Waals surface area contributed by atoms with Crippen LogP contribution in [0.15, 0.2) is 35.1 Å². The van der Waals surface area contributed by atoms with E-state index < -0.39 is 19.4 Å². The molecule has 0 aliphatic carbocycles. The highest BCUT2D eigenvalue weighted by molar-refractivity contribution is 5.92. The number of piperidine rings is 1. The number of carbonyl (C=O) groups is 1. The van der Waals surface area contributed by atoms with Gasteiger partial charge in [-0.2, -0.15) is 0 Å². The summed E-state index contributed by atoms with van der Waals surface area (Å²) in [6, 6.07) is 2.84. The molecule has 8 nitrogen and oxygen atoms in total. The number of urea groups is 1. The fraction of sp³-hybridized carbons (Fsp3) is 0.478. The Bertz CT molecular complexity index is 1140. The van der Waals surface area contributed by atoms with Crippen molar-refractivity contribution in [3.05, 3.63) is 36.6 Å². The minimum Gasteiger partial charge on any atom is -0.439 e. The molecule has 2 aliphatic heterocycles. The number of fused-ring (bicyclic) bond motifs is 3. The lowest BCUT2D eigenvalue weighted by Crippen LogP contribution is -2.54. The molecule has 3 atom stereocenters. The number of anilines is 1. The van der Waals surface area contributed by atoms with Crippen LogP contribution in [0.3, 0.4) is 0 Å². The van der Waals surface area contributed by atoms with Crippen LogP contribution in [0.5, 0.6) is 0 Å². The van der Waals surface area contributed by atoms with Gasteiger partial charge in [-0.15, -0.1) is 0 Å². The van der Waals surface area contributed by atoms with E-state index in [1.165, 1.54) is 0 Å². The van der Waals surface area contributed by atoms with Crippen molar-refractivity contribution in [1.82, 2.24) is 25.2 Å². The smallest absolute Gasteiger partial charge is 0.323 e. The van der Waals surface area contributed by atoms with Gasteiger partial charge in [0.1, 0.15) is 24.9 Å². The van der Waals surface area contributed by atoms with Crippen molar-refractivity contribution in [1.29, 1.82) is 0 Å². The third kappa shape index (κ3) is 4.39. The van der Waals surface area contributed by atoms with Gasteiger partial charge in [-0.25, -0.2) is 23.5 Å². The van der Waals surface area contributed by atoms with E-state index in [1.54, 1.807) is 25.5 Å². The van der Waals surface area contributed by atoms with Crippen molar-refractivity contribution in [2.45, 2.75) is 56.8 Å². The number of rotatable bonds is 6. The van der Waals surface area contributed by atoms with Crippen LogP contribution in [0, 0.1) is 6.92 Å². The summed E-state index contributed by atoms with van der Waals surface area (Å²) in [7, 11) is 0. The second kappa shape index (κ2) is 9.01. The van der Waals surface area contributed by atoms with E-state index >= 15 is 0 Å². The van der Waals surface area contributed by atoms with Gasteiger partial charge in [0.15, 0.2) is 11.7 Å². The second-order valence-electron chi connectivity index (χ2n) is 8.79. The lowest BCUT2D eigenvalue weighted by atomic mass is 9.97. The zero-order valence-electron chi connectivity index (χ0n) is 18.3. The minimum absolute atomic E-state index is 0.0208. The van der Waals surface area contributed by atoms with Gasteiger partial charge in [-0.1, -0.05) is 0 Å². The average Bonchev–Trinajstić information content (AvgIpc) is 3.37. The van der Waals surface area contributed by atoms with E-state index in [0.29, 0.717) is 36.0 Å². The number of amides is 2. The highest BCUT2D eigenvalue weighted by Gasteiger charge is 2.43. The van der Waals surface area contributed by atoms with Gasteiger partial charge < -0.3 is 14.6 Å². The molecule has 2 fully saturated rings. The second-order valence-corrected chi connectivity index (χ2v) is 8.79. The summed E-state index contributed by atoms with van der Waals surface area (Å²) in [6.45, 7) is 0.315. The predicted molar refractivity (Wildman–Crippen MR) is 119 cm³/mol. The predicted octanol–water partition coefficient (Wildman–Crippen LogP) is 4.02. The maximum absolute atomic E-state index is 13.1. The molecule has 0 aromatic carbocycles. The molecule has 5 heterocycles. The molecule has 2 N–H and O–H groups in total. The molecule has 2 unspecified atom stereocenters. The fourth-order valence-electron chi connectivity index (χ4n) is 5.00. The lowest BCUT2D eigenvalue weighted by Gasteiger charge is -2.39. The molecule has 3 aromatic rings. The highest BCUT2D eigenvalue weighted by Crippen LogP contribution is 2.36. The molecule has 2 aliphatic rings. The van der Waals surface area contributed by atoms with Crippen LogP contribution in [0.2, 0.25) is 0 Å². The molecule has 2 bridgehead atoms. The monoisotopic (exact) mass is 456 g/mol. The van der Waals surface area contributed by atoms with Gasteiger partial charge in [0, 0.05) is 42.8 Å². The summed E-state index contributed by atoms with van der Waals surface area (Å²) in [5.41, 5.74) is 0.652. The molecule has 2 saturated heterocycles. The number of aryl methyl sites for hydroxylation is 1. The van der Waals surface area contributed by atoms with Gasteiger partial charge in [0.05, 0.1) is 12.2 Å². The summed E-state index contributed by atoms with van der Waals surface area (Å²) < 4.78 is 31.4. The third-order valence-electron chi connectivity index (χ3n) is 6.52. The van der Waals surface area contributed by atoms with E-state index in [1.807, 2.05) is 17.0 Å². The summed E-state index contributed by atoms with van der Waals surface area (Å²) >= 11 is 0. The zero-order chi connectivity index (χ0) is 22.9. The van der Waals surface area contributed by atoms with E-state index in [-0.39, 0.29) is 24.2 Å². The molecule has 33 heavy (non-hydrogen) atoms. The molecule has 0 radical (unpaired) electrons. The van der Waals surface area contributed by atoms with Crippen molar-refractivity contribution in [2.75, 3.05) is 18.7 Å². The summed E-state index contributed by atoms with van der Waals surface area (Å²) in [5, 5.41) is 7.70. The first-order valence-corrected chi connectivity index (χ1v) is 11.2. The molecule has 10 heteroatoms. The number of aromatic nitrogens is 3. The van der Waals surface area contributed by atoms with Crippen LogP contribution >= 0.6 is 0 Å². The number of halogens is 2. The first-order valence-electron chi connectivity index (χ1n) is 11.2. The van der Waals surface area contributed by atoms with Gasteiger partial charge in [-0.3, -0.25) is 10.3 Å². The van der Waals surface area contributed by atoms with Crippen molar-refractivity contribution >= 4 is 22.6 Å². The van der Waals surface area contributed by atoms with Crippen LogP contribution < -0.4 is 10.6 Å². The largest absolute Gasteiger partial charge is 0.439 e. The number of hydrogen-bond acceptors (Lipinski definition) is 6. The summed E-state index contributed by atoms with van der Waals surface area (Å²) in [5.74, 6) is 1.59. The van der Waals surface area contributed by atoms with Crippen LogP contribution in [0.25, 0.3) is 22.2 Å². The van der Waals surface area contributed by atoms with Crippen molar-refractivity contribution in [3.63, 3.8) is 0 Å². The quantitative estimate of drug-likeness (QED) is 0.582. The number of oxazole rings is 1. The lowest BCUT2D eigenvalue weighted by molar-refractivity contribution is 0.133. The van der Waals surface area contributed by atoms with Crippen LogP contribution in [-0.4, -0.2) is 63.4 Å². The van der Waals surface area contributed by atoms with Crippen molar-refractivity contribution in [3.8, 4) is 11.5 Å². The van der Waals surface area contributed by atoms with E-state index in [0.717, 1.165) is 23.6 Å². The Morgan fingerprint density at radius 2 is 1.82 bits per heavy atom.